The summed E-state index contributed by atoms with van der Waals surface area (Å²) in [5, 5.41) is 0.537. The highest BCUT2D eigenvalue weighted by Gasteiger charge is 2.17. The first-order valence-electron chi connectivity index (χ1n) is 6.74. The van der Waals surface area contributed by atoms with Gasteiger partial charge >= 0.3 is 0 Å². The lowest BCUT2D eigenvalue weighted by molar-refractivity contribution is 0.0376. The van der Waals surface area contributed by atoms with E-state index < -0.39 is 10.0 Å². The van der Waals surface area contributed by atoms with E-state index in [0.29, 0.717) is 11.6 Å². The minimum absolute atomic E-state index is 0.0555. The Morgan fingerprint density at radius 3 is 2.62 bits per heavy atom. The van der Waals surface area contributed by atoms with Gasteiger partial charge in [-0.1, -0.05) is 23.2 Å². The SMILES string of the molecule is O=S(=O)(NCCCN1CCOCC1)c1ccc(Cl)cc1Cl. The van der Waals surface area contributed by atoms with Gasteiger partial charge in [0.15, 0.2) is 0 Å². The second-order valence-electron chi connectivity index (χ2n) is 4.78. The molecular formula is C13H18Cl2N2O3S. The average Bonchev–Trinajstić information content (AvgIpc) is 2.44. The topological polar surface area (TPSA) is 58.6 Å². The fourth-order valence-corrected chi connectivity index (χ4v) is 3.95. The largest absolute Gasteiger partial charge is 0.379 e. The normalized spacial score (nSPS) is 17.0. The van der Waals surface area contributed by atoms with Gasteiger partial charge in [0.2, 0.25) is 10.0 Å². The van der Waals surface area contributed by atoms with E-state index in [-0.39, 0.29) is 9.92 Å². The lowest BCUT2D eigenvalue weighted by atomic mass is 10.3. The van der Waals surface area contributed by atoms with Gasteiger partial charge in [-0.25, -0.2) is 13.1 Å². The predicted molar refractivity (Wildman–Crippen MR) is 83.5 cm³/mol. The van der Waals surface area contributed by atoms with Gasteiger partial charge in [0.05, 0.1) is 18.2 Å². The van der Waals surface area contributed by atoms with Gasteiger partial charge in [-0.05, 0) is 31.2 Å². The third-order valence-electron chi connectivity index (χ3n) is 3.23. The van der Waals surface area contributed by atoms with E-state index in [0.717, 1.165) is 39.3 Å². The molecule has 1 aliphatic rings. The molecule has 21 heavy (non-hydrogen) atoms. The molecule has 5 nitrogen and oxygen atoms in total. The zero-order chi connectivity index (χ0) is 15.3. The van der Waals surface area contributed by atoms with Gasteiger partial charge in [-0.3, -0.25) is 4.90 Å². The molecule has 1 saturated heterocycles. The number of benzene rings is 1. The average molecular weight is 353 g/mol. The molecule has 0 unspecified atom stereocenters. The van der Waals surface area contributed by atoms with Crippen molar-refractivity contribution in [2.75, 3.05) is 39.4 Å². The standard InChI is InChI=1S/C13H18Cl2N2O3S/c14-11-2-3-13(12(15)10-11)21(18,19)16-4-1-5-17-6-8-20-9-7-17/h2-3,10,16H,1,4-9H2. The molecule has 8 heteroatoms. The van der Waals surface area contributed by atoms with Crippen molar-refractivity contribution in [1.82, 2.24) is 9.62 Å². The molecule has 0 bridgehead atoms. The second kappa shape index (κ2) is 7.76. The van der Waals surface area contributed by atoms with Crippen LogP contribution in [0.2, 0.25) is 10.0 Å². The minimum atomic E-state index is -3.59. The van der Waals surface area contributed by atoms with Gasteiger partial charge in [0.1, 0.15) is 4.90 Å². The molecule has 1 fully saturated rings. The Morgan fingerprint density at radius 1 is 1.24 bits per heavy atom. The predicted octanol–water partition coefficient (Wildman–Crippen LogP) is 1.99. The van der Waals surface area contributed by atoms with Crippen LogP contribution in [0.15, 0.2) is 23.1 Å². The molecular weight excluding hydrogens is 335 g/mol. The van der Waals surface area contributed by atoms with E-state index in [4.69, 9.17) is 27.9 Å². The smallest absolute Gasteiger partial charge is 0.242 e. The summed E-state index contributed by atoms with van der Waals surface area (Å²) in [5.74, 6) is 0. The summed E-state index contributed by atoms with van der Waals surface area (Å²) in [5.41, 5.74) is 0. The Kier molecular flexibility index (Phi) is 6.28. The molecule has 0 radical (unpaired) electrons. The lowest BCUT2D eigenvalue weighted by Crippen LogP contribution is -2.38. The van der Waals surface area contributed by atoms with Crippen molar-refractivity contribution in [2.45, 2.75) is 11.3 Å². The summed E-state index contributed by atoms with van der Waals surface area (Å²) in [4.78, 5) is 2.31. The molecule has 1 N–H and O–H groups in total. The summed E-state index contributed by atoms with van der Waals surface area (Å²) < 4.78 is 32.1. The Hall–Kier alpha value is -0.370. The van der Waals surface area contributed by atoms with Crippen LogP contribution in [0, 0.1) is 0 Å². The molecule has 0 aromatic heterocycles. The van der Waals surface area contributed by atoms with E-state index in [2.05, 4.69) is 9.62 Å². The van der Waals surface area contributed by atoms with E-state index >= 15 is 0 Å². The number of nitrogens with zero attached hydrogens (tertiary/aromatic N) is 1. The molecule has 1 aromatic carbocycles. The zero-order valence-corrected chi connectivity index (χ0v) is 13.8. The molecule has 0 aliphatic carbocycles. The van der Waals surface area contributed by atoms with E-state index in [1.54, 1.807) is 0 Å². The van der Waals surface area contributed by atoms with Crippen LogP contribution in [0.4, 0.5) is 0 Å². The maximum absolute atomic E-state index is 12.1. The number of nitrogens with one attached hydrogen (secondary N) is 1. The summed E-state index contributed by atoms with van der Waals surface area (Å²) in [6.45, 7) is 4.50. The summed E-state index contributed by atoms with van der Waals surface area (Å²) in [6, 6.07) is 4.34. The number of sulfonamides is 1. The Balaban J connectivity index is 1.83. The highest BCUT2D eigenvalue weighted by Crippen LogP contribution is 2.24. The van der Waals surface area contributed by atoms with Gasteiger partial charge in [0.25, 0.3) is 0 Å². The van der Waals surface area contributed by atoms with Crippen LogP contribution in [0.1, 0.15) is 6.42 Å². The Morgan fingerprint density at radius 2 is 1.95 bits per heavy atom. The first-order valence-corrected chi connectivity index (χ1v) is 8.98. The number of hydrogen-bond donors (Lipinski definition) is 1. The molecule has 0 saturated carbocycles. The number of halogens is 2. The highest BCUT2D eigenvalue weighted by molar-refractivity contribution is 7.89. The van der Waals surface area contributed by atoms with Crippen LogP contribution >= 0.6 is 23.2 Å². The van der Waals surface area contributed by atoms with E-state index in [1.807, 2.05) is 0 Å². The number of morpholine rings is 1. The first kappa shape index (κ1) is 17.0. The van der Waals surface area contributed by atoms with Crippen molar-refractivity contribution in [3.05, 3.63) is 28.2 Å². The maximum atomic E-state index is 12.1. The number of ether oxygens (including phenoxy) is 1. The maximum Gasteiger partial charge on any atom is 0.242 e. The van der Waals surface area contributed by atoms with Gasteiger partial charge in [-0.2, -0.15) is 0 Å². The number of rotatable bonds is 6. The third kappa shape index (κ3) is 5.09. The summed E-state index contributed by atoms with van der Waals surface area (Å²) in [7, 11) is -3.59. The van der Waals surface area contributed by atoms with Gasteiger partial charge < -0.3 is 4.74 Å². The fourth-order valence-electron chi connectivity index (χ4n) is 2.10. The van der Waals surface area contributed by atoms with Crippen molar-refractivity contribution in [3.63, 3.8) is 0 Å². The van der Waals surface area contributed by atoms with E-state index in [9.17, 15) is 8.42 Å². The lowest BCUT2D eigenvalue weighted by Gasteiger charge is -2.26. The van der Waals surface area contributed by atoms with Crippen LogP contribution < -0.4 is 4.72 Å². The molecule has 0 atom stereocenters. The number of hydrogen-bond acceptors (Lipinski definition) is 4. The molecule has 118 valence electrons. The Bertz CT molecular complexity index is 575. The molecule has 1 aliphatic heterocycles. The second-order valence-corrected chi connectivity index (χ2v) is 7.36. The third-order valence-corrected chi connectivity index (χ3v) is 5.41. The molecule has 1 heterocycles. The molecule has 0 amide bonds. The van der Waals surface area contributed by atoms with Crippen molar-refractivity contribution >= 4 is 33.2 Å². The van der Waals surface area contributed by atoms with Crippen molar-refractivity contribution in [2.24, 2.45) is 0 Å². The van der Waals surface area contributed by atoms with Crippen LogP contribution in [0.5, 0.6) is 0 Å². The summed E-state index contributed by atoms with van der Waals surface area (Å²) >= 11 is 11.7. The quantitative estimate of drug-likeness (QED) is 0.795. The highest BCUT2D eigenvalue weighted by atomic mass is 35.5. The van der Waals surface area contributed by atoms with Crippen molar-refractivity contribution in [3.8, 4) is 0 Å². The van der Waals surface area contributed by atoms with Gasteiger partial charge in [-0.15, -0.1) is 0 Å². The minimum Gasteiger partial charge on any atom is -0.379 e. The van der Waals surface area contributed by atoms with Crippen molar-refractivity contribution in [1.29, 1.82) is 0 Å². The van der Waals surface area contributed by atoms with Crippen LogP contribution in [0.3, 0.4) is 0 Å². The first-order chi connectivity index (χ1) is 9.99. The molecule has 1 aromatic rings. The van der Waals surface area contributed by atoms with Crippen molar-refractivity contribution < 1.29 is 13.2 Å². The zero-order valence-electron chi connectivity index (χ0n) is 11.5. The van der Waals surface area contributed by atoms with Crippen LogP contribution in [-0.4, -0.2) is 52.7 Å². The van der Waals surface area contributed by atoms with E-state index in [1.165, 1.54) is 18.2 Å². The Labute approximate surface area is 135 Å². The monoisotopic (exact) mass is 352 g/mol. The molecule has 2 rings (SSSR count). The van der Waals surface area contributed by atoms with Crippen LogP contribution in [-0.2, 0) is 14.8 Å². The molecule has 0 spiro atoms. The fraction of sp³-hybridized carbons (Fsp3) is 0.538. The summed E-state index contributed by atoms with van der Waals surface area (Å²) in [6.07, 6.45) is 0.741. The van der Waals surface area contributed by atoms with Crippen LogP contribution in [0.25, 0.3) is 0 Å². The van der Waals surface area contributed by atoms with Gasteiger partial charge in [0, 0.05) is 24.7 Å².